The number of rotatable bonds is 6. The van der Waals surface area contributed by atoms with Gasteiger partial charge in [-0.15, -0.1) is 0 Å². The number of benzene rings is 1. The molecule has 6 nitrogen and oxygen atoms in total. The van der Waals surface area contributed by atoms with Crippen LogP contribution < -0.4 is 10.6 Å². The minimum absolute atomic E-state index is 0.0661. The van der Waals surface area contributed by atoms with Crippen LogP contribution in [0.15, 0.2) is 24.3 Å². The fourth-order valence-electron chi connectivity index (χ4n) is 2.74. The minimum Gasteiger partial charge on any atom is -0.395 e. The fraction of sp³-hybridized carbons (Fsp3) is 0.500. The molecule has 1 atom stereocenters. The first-order valence-corrected chi connectivity index (χ1v) is 7.61. The van der Waals surface area contributed by atoms with Gasteiger partial charge in [0.15, 0.2) is 0 Å². The third-order valence-corrected chi connectivity index (χ3v) is 3.80. The molecule has 0 aliphatic carbocycles. The van der Waals surface area contributed by atoms with Crippen LogP contribution in [0.5, 0.6) is 0 Å². The summed E-state index contributed by atoms with van der Waals surface area (Å²) in [6.07, 6.45) is 2.46. The summed E-state index contributed by atoms with van der Waals surface area (Å²) >= 11 is 0. The lowest BCUT2D eigenvalue weighted by molar-refractivity contribution is -0.116. The van der Waals surface area contributed by atoms with Gasteiger partial charge in [0.2, 0.25) is 11.8 Å². The van der Waals surface area contributed by atoms with E-state index in [9.17, 15) is 14.7 Å². The number of carbonyl (C=O) groups is 2. The Morgan fingerprint density at radius 3 is 2.73 bits per heavy atom. The lowest BCUT2D eigenvalue weighted by Gasteiger charge is -2.22. The smallest absolute Gasteiger partial charge is 0.225 e. The molecular weight excluding hydrogens is 282 g/mol. The van der Waals surface area contributed by atoms with Crippen molar-refractivity contribution in [3.8, 4) is 0 Å². The number of hydrogen-bond donors (Lipinski definition) is 3. The van der Waals surface area contributed by atoms with Gasteiger partial charge in [0.1, 0.15) is 0 Å². The average Bonchev–Trinajstić information content (AvgIpc) is 2.92. The Balaban J connectivity index is 1.83. The van der Waals surface area contributed by atoms with Gasteiger partial charge in [-0.1, -0.05) is 6.07 Å². The van der Waals surface area contributed by atoms with Crippen molar-refractivity contribution in [3.05, 3.63) is 24.3 Å². The van der Waals surface area contributed by atoms with Crippen LogP contribution in [-0.2, 0) is 9.59 Å². The summed E-state index contributed by atoms with van der Waals surface area (Å²) in [6.45, 7) is 3.19. The predicted octanol–water partition coefficient (Wildman–Crippen LogP) is 1.43. The summed E-state index contributed by atoms with van der Waals surface area (Å²) in [7, 11) is 0. The average molecular weight is 305 g/mol. The number of hydrogen-bond acceptors (Lipinski definition) is 4. The number of nitrogens with one attached hydrogen (secondary N) is 2. The third kappa shape index (κ3) is 4.82. The van der Waals surface area contributed by atoms with Crippen molar-refractivity contribution in [2.24, 2.45) is 0 Å². The Kier molecular flexibility index (Phi) is 5.91. The maximum absolute atomic E-state index is 12.0. The molecule has 1 aromatic rings. The molecule has 1 heterocycles. The van der Waals surface area contributed by atoms with E-state index in [4.69, 9.17) is 0 Å². The molecule has 3 N–H and O–H groups in total. The van der Waals surface area contributed by atoms with Gasteiger partial charge < -0.3 is 15.7 Å². The molecule has 1 aliphatic rings. The summed E-state index contributed by atoms with van der Waals surface area (Å²) in [5.74, 6) is -0.212. The van der Waals surface area contributed by atoms with E-state index in [0.29, 0.717) is 24.3 Å². The van der Waals surface area contributed by atoms with Gasteiger partial charge in [0, 0.05) is 37.3 Å². The lowest BCUT2D eigenvalue weighted by Crippen LogP contribution is -2.34. The number of anilines is 2. The summed E-state index contributed by atoms with van der Waals surface area (Å²) < 4.78 is 0. The highest BCUT2D eigenvalue weighted by molar-refractivity contribution is 5.93. The molecule has 22 heavy (non-hydrogen) atoms. The fourth-order valence-corrected chi connectivity index (χ4v) is 2.74. The zero-order valence-corrected chi connectivity index (χ0v) is 12.8. The molecular formula is C16H23N3O3. The van der Waals surface area contributed by atoms with Crippen LogP contribution in [0.2, 0.25) is 0 Å². The van der Waals surface area contributed by atoms with Crippen LogP contribution in [0.1, 0.15) is 26.2 Å². The van der Waals surface area contributed by atoms with Gasteiger partial charge in [-0.25, -0.2) is 0 Å². The third-order valence-electron chi connectivity index (χ3n) is 3.80. The van der Waals surface area contributed by atoms with Crippen molar-refractivity contribution in [2.45, 2.75) is 32.2 Å². The molecule has 0 bridgehead atoms. The molecule has 2 amide bonds. The van der Waals surface area contributed by atoms with Crippen LogP contribution in [0.4, 0.5) is 11.4 Å². The molecule has 0 spiro atoms. The molecule has 1 saturated heterocycles. The molecule has 0 saturated carbocycles. The second kappa shape index (κ2) is 7.91. The van der Waals surface area contributed by atoms with Crippen LogP contribution in [0.3, 0.4) is 0 Å². The van der Waals surface area contributed by atoms with E-state index in [2.05, 4.69) is 15.5 Å². The lowest BCUT2D eigenvalue weighted by atomic mass is 10.2. The summed E-state index contributed by atoms with van der Waals surface area (Å²) in [5, 5.41) is 14.8. The number of carbonyl (C=O) groups excluding carboxylic acids is 2. The van der Waals surface area contributed by atoms with Gasteiger partial charge in [-0.2, -0.15) is 0 Å². The van der Waals surface area contributed by atoms with E-state index < -0.39 is 0 Å². The van der Waals surface area contributed by atoms with Crippen molar-refractivity contribution in [2.75, 3.05) is 30.3 Å². The highest BCUT2D eigenvalue weighted by Gasteiger charge is 2.23. The standard InChI is InChI=1S/C16H23N3O3/c1-12(21)17-13-4-2-5-14(10-13)18-16(22)7-9-19-8-3-6-15(19)11-20/h2,4-5,10,15,20H,3,6-9,11H2,1H3,(H,17,21)(H,18,22)/t15-/m0/s1. The molecule has 0 aromatic heterocycles. The number of aliphatic hydroxyl groups is 1. The van der Waals surface area contributed by atoms with Crippen molar-refractivity contribution in [3.63, 3.8) is 0 Å². The van der Waals surface area contributed by atoms with Crippen molar-refractivity contribution in [1.29, 1.82) is 0 Å². The van der Waals surface area contributed by atoms with Gasteiger partial charge in [-0.3, -0.25) is 14.5 Å². The Morgan fingerprint density at radius 2 is 2.05 bits per heavy atom. The molecule has 1 aromatic carbocycles. The first kappa shape index (κ1) is 16.5. The van der Waals surface area contributed by atoms with Crippen LogP contribution >= 0.6 is 0 Å². The number of nitrogens with zero attached hydrogens (tertiary/aromatic N) is 1. The Bertz CT molecular complexity index is 533. The molecule has 0 unspecified atom stereocenters. The topological polar surface area (TPSA) is 81.7 Å². The van der Waals surface area contributed by atoms with E-state index in [1.807, 2.05) is 0 Å². The molecule has 6 heteroatoms. The van der Waals surface area contributed by atoms with Crippen molar-refractivity contribution < 1.29 is 14.7 Å². The number of aliphatic hydroxyl groups excluding tert-OH is 1. The molecule has 120 valence electrons. The van der Waals surface area contributed by atoms with Gasteiger partial charge in [0.05, 0.1) is 6.61 Å². The van der Waals surface area contributed by atoms with E-state index in [0.717, 1.165) is 19.4 Å². The molecule has 1 fully saturated rings. The largest absolute Gasteiger partial charge is 0.395 e. The second-order valence-corrected chi connectivity index (χ2v) is 5.57. The van der Waals surface area contributed by atoms with Gasteiger partial charge in [0.25, 0.3) is 0 Å². The SMILES string of the molecule is CC(=O)Nc1cccc(NC(=O)CCN2CCC[C@H]2CO)c1. The quantitative estimate of drug-likeness (QED) is 0.742. The Morgan fingerprint density at radius 1 is 1.32 bits per heavy atom. The Labute approximate surface area is 130 Å². The van der Waals surface area contributed by atoms with Crippen LogP contribution in [0, 0.1) is 0 Å². The maximum Gasteiger partial charge on any atom is 0.225 e. The molecule has 1 aliphatic heterocycles. The highest BCUT2D eigenvalue weighted by atomic mass is 16.3. The Hall–Kier alpha value is -1.92. The van der Waals surface area contributed by atoms with Crippen LogP contribution in [0.25, 0.3) is 0 Å². The molecule has 2 rings (SSSR count). The highest BCUT2D eigenvalue weighted by Crippen LogP contribution is 2.18. The van der Waals surface area contributed by atoms with Gasteiger partial charge in [-0.05, 0) is 37.6 Å². The van der Waals surface area contributed by atoms with Crippen molar-refractivity contribution in [1.82, 2.24) is 4.90 Å². The van der Waals surface area contributed by atoms with E-state index in [-0.39, 0.29) is 24.5 Å². The van der Waals surface area contributed by atoms with Crippen molar-refractivity contribution >= 4 is 23.2 Å². The first-order chi connectivity index (χ1) is 10.6. The monoisotopic (exact) mass is 305 g/mol. The molecule has 0 radical (unpaired) electrons. The number of likely N-dealkylation sites (tertiary alicyclic amines) is 1. The van der Waals surface area contributed by atoms with Crippen LogP contribution in [-0.4, -0.2) is 47.6 Å². The van der Waals surface area contributed by atoms with E-state index in [1.54, 1.807) is 24.3 Å². The summed E-state index contributed by atoms with van der Waals surface area (Å²) in [5.41, 5.74) is 1.32. The number of amides is 2. The summed E-state index contributed by atoms with van der Waals surface area (Å²) in [6, 6.07) is 7.26. The first-order valence-electron chi connectivity index (χ1n) is 7.61. The van der Waals surface area contributed by atoms with E-state index >= 15 is 0 Å². The normalized spacial score (nSPS) is 18.2. The summed E-state index contributed by atoms with van der Waals surface area (Å²) in [4.78, 5) is 25.2. The maximum atomic E-state index is 12.0. The zero-order chi connectivity index (χ0) is 15.9. The zero-order valence-electron chi connectivity index (χ0n) is 12.8. The second-order valence-electron chi connectivity index (χ2n) is 5.57. The predicted molar refractivity (Wildman–Crippen MR) is 85.7 cm³/mol. The minimum atomic E-state index is -0.146. The van der Waals surface area contributed by atoms with E-state index in [1.165, 1.54) is 6.92 Å². The van der Waals surface area contributed by atoms with Gasteiger partial charge >= 0.3 is 0 Å².